The lowest BCUT2D eigenvalue weighted by molar-refractivity contribution is 0.590. The summed E-state index contributed by atoms with van der Waals surface area (Å²) in [6.07, 6.45) is 0. The van der Waals surface area contributed by atoms with Crippen LogP contribution in [-0.4, -0.2) is 8.97 Å². The molecular weight excluding hydrogens is 593 g/mol. The van der Waals surface area contributed by atoms with Crippen LogP contribution in [0.5, 0.6) is 0 Å². The van der Waals surface area contributed by atoms with E-state index in [0.717, 1.165) is 0 Å². The zero-order chi connectivity index (χ0) is 35.2. The van der Waals surface area contributed by atoms with E-state index in [1.165, 1.54) is 92.9 Å². The van der Waals surface area contributed by atoms with Crippen LogP contribution in [0.25, 0.3) is 70.7 Å². The molecule has 49 heavy (non-hydrogen) atoms. The van der Waals surface area contributed by atoms with Gasteiger partial charge in [0.05, 0.1) is 16.6 Å². The van der Waals surface area contributed by atoms with Gasteiger partial charge in [0.25, 0.3) is 0 Å². The quantitative estimate of drug-likeness (QED) is 0.155. The molecule has 0 spiro atoms. The molecule has 0 amide bonds. The van der Waals surface area contributed by atoms with Crippen LogP contribution in [0.15, 0.2) is 78.9 Å². The fraction of sp³-hybridized carbons (Fsp3) is 0.362. The minimum Gasteiger partial charge on any atom is -0.344 e. The third-order valence-corrected chi connectivity index (χ3v) is 11.2. The molecule has 2 bridgehead atoms. The second kappa shape index (κ2) is 9.90. The molecule has 3 aromatic heterocycles. The summed E-state index contributed by atoms with van der Waals surface area (Å²) in [6, 6.07) is 31.5. The zero-order valence-corrected chi connectivity index (χ0v) is 31.9. The molecule has 0 saturated carbocycles. The third-order valence-electron chi connectivity index (χ3n) is 11.2. The Morgan fingerprint density at radius 2 is 0.755 bits per heavy atom. The van der Waals surface area contributed by atoms with Gasteiger partial charge in [-0.1, -0.05) is 107 Å². The standard InChI is InChI=1S/C47H52N2/c1-44(2,3)29-14-16-39-33(21-29)27-18-28(20-31(19-27)46(7,8)9)34-25-42-36(26-41(34)48(39)13)38-24-32(47(10,11)12)23-37-35-22-30(45(4,5)6)15-17-40(35)49(42)43(37)38/h14-26H,1-13H3. The van der Waals surface area contributed by atoms with Crippen LogP contribution in [0.4, 0.5) is 0 Å². The number of hydrogen-bond donors (Lipinski definition) is 0. The van der Waals surface area contributed by atoms with Gasteiger partial charge in [0, 0.05) is 50.4 Å². The topological polar surface area (TPSA) is 9.34 Å². The van der Waals surface area contributed by atoms with Gasteiger partial charge in [-0.3, -0.25) is 0 Å². The first-order valence-corrected chi connectivity index (χ1v) is 18.1. The molecule has 0 unspecified atom stereocenters. The molecule has 0 aliphatic rings. The van der Waals surface area contributed by atoms with E-state index in [2.05, 4.69) is 178 Å². The largest absolute Gasteiger partial charge is 0.344 e. The average Bonchev–Trinajstić information content (AvgIpc) is 3.52. The minimum absolute atomic E-state index is 0.0156. The summed E-state index contributed by atoms with van der Waals surface area (Å²) >= 11 is 0. The van der Waals surface area contributed by atoms with E-state index < -0.39 is 0 Å². The zero-order valence-electron chi connectivity index (χ0n) is 31.9. The van der Waals surface area contributed by atoms with Gasteiger partial charge in [0.2, 0.25) is 0 Å². The molecule has 0 aliphatic carbocycles. The summed E-state index contributed by atoms with van der Waals surface area (Å²) in [4.78, 5) is 0. The predicted molar refractivity (Wildman–Crippen MR) is 216 cm³/mol. The van der Waals surface area contributed by atoms with Gasteiger partial charge in [0.15, 0.2) is 0 Å². The highest BCUT2D eigenvalue weighted by Crippen LogP contribution is 2.45. The Bertz CT molecular complexity index is 2680. The van der Waals surface area contributed by atoms with Crippen LogP contribution >= 0.6 is 0 Å². The van der Waals surface area contributed by atoms with Crippen LogP contribution in [0, 0.1) is 0 Å². The van der Waals surface area contributed by atoms with Crippen molar-refractivity contribution < 1.29 is 0 Å². The van der Waals surface area contributed by atoms with Gasteiger partial charge in [0.1, 0.15) is 0 Å². The Hall–Kier alpha value is -4.30. The Morgan fingerprint density at radius 3 is 1.29 bits per heavy atom. The maximum Gasteiger partial charge on any atom is 0.0620 e. The number of aryl methyl sites for hydroxylation is 1. The lowest BCUT2D eigenvalue weighted by Gasteiger charge is -2.23. The van der Waals surface area contributed by atoms with Crippen molar-refractivity contribution >= 4 is 70.7 Å². The van der Waals surface area contributed by atoms with Crippen molar-refractivity contribution in [2.24, 2.45) is 7.05 Å². The predicted octanol–water partition coefficient (Wildman–Crippen LogP) is 13.4. The summed E-state index contributed by atoms with van der Waals surface area (Å²) in [5.74, 6) is 0. The van der Waals surface area contributed by atoms with Crippen molar-refractivity contribution in [3.8, 4) is 0 Å². The molecule has 0 aliphatic heterocycles. The van der Waals surface area contributed by atoms with Crippen molar-refractivity contribution in [1.82, 2.24) is 8.97 Å². The van der Waals surface area contributed by atoms with E-state index in [0.29, 0.717) is 0 Å². The van der Waals surface area contributed by atoms with Gasteiger partial charge in [-0.05, 0) is 109 Å². The Kier molecular flexibility index (Phi) is 6.45. The Morgan fingerprint density at radius 1 is 0.347 bits per heavy atom. The summed E-state index contributed by atoms with van der Waals surface area (Å²) in [5.41, 5.74) is 12.1. The molecule has 3 heterocycles. The number of fused-ring (bicyclic) bond motifs is 12. The molecule has 8 aromatic rings. The summed E-state index contributed by atoms with van der Waals surface area (Å²) in [6.45, 7) is 27.9. The normalized spacial score (nSPS) is 13.8. The highest BCUT2D eigenvalue weighted by Gasteiger charge is 2.25. The van der Waals surface area contributed by atoms with Crippen molar-refractivity contribution in [1.29, 1.82) is 0 Å². The fourth-order valence-corrected chi connectivity index (χ4v) is 8.02. The van der Waals surface area contributed by atoms with E-state index >= 15 is 0 Å². The van der Waals surface area contributed by atoms with E-state index in [-0.39, 0.29) is 21.7 Å². The van der Waals surface area contributed by atoms with Gasteiger partial charge in [-0.25, -0.2) is 0 Å². The molecule has 0 saturated heterocycles. The molecule has 2 heteroatoms. The van der Waals surface area contributed by atoms with E-state index in [4.69, 9.17) is 0 Å². The van der Waals surface area contributed by atoms with E-state index in [1.54, 1.807) is 0 Å². The lowest BCUT2D eigenvalue weighted by Crippen LogP contribution is -2.12. The summed E-state index contributed by atoms with van der Waals surface area (Å²) in [5, 5.41) is 10.5. The lowest BCUT2D eigenvalue weighted by atomic mass is 9.83. The molecule has 0 fully saturated rings. The highest BCUT2D eigenvalue weighted by atomic mass is 14.9. The van der Waals surface area contributed by atoms with Crippen molar-refractivity contribution in [3.63, 3.8) is 0 Å². The molecule has 250 valence electrons. The smallest absolute Gasteiger partial charge is 0.0620 e. The van der Waals surface area contributed by atoms with Crippen molar-refractivity contribution in [2.45, 2.75) is 105 Å². The molecule has 8 rings (SSSR count). The summed E-state index contributed by atoms with van der Waals surface area (Å²) < 4.78 is 5.01. The molecule has 5 aromatic carbocycles. The summed E-state index contributed by atoms with van der Waals surface area (Å²) in [7, 11) is 2.26. The van der Waals surface area contributed by atoms with Gasteiger partial charge in [-0.15, -0.1) is 0 Å². The first-order chi connectivity index (χ1) is 22.7. The van der Waals surface area contributed by atoms with Crippen LogP contribution in [0.3, 0.4) is 0 Å². The van der Waals surface area contributed by atoms with Crippen LogP contribution in [-0.2, 0) is 28.7 Å². The number of benzene rings is 5. The second-order valence-corrected chi connectivity index (χ2v) is 19.0. The van der Waals surface area contributed by atoms with Gasteiger partial charge < -0.3 is 8.97 Å². The molecule has 0 N–H and O–H groups in total. The SMILES string of the molecule is Cn1c2ccc(C(C)(C)C)cc2c2cc(C(C)(C)C)cc(c2)c2cc3c(cc21)c1cc(C(C)(C)C)cc2c4cc(C(C)(C)C)ccc4n3c21. The second-order valence-electron chi connectivity index (χ2n) is 19.0. The maximum absolute atomic E-state index is 2.56. The molecular formula is C47H52N2. The third kappa shape index (κ3) is 4.81. The van der Waals surface area contributed by atoms with Crippen LogP contribution in [0.1, 0.15) is 105 Å². The molecule has 0 atom stereocenters. The first kappa shape index (κ1) is 31.9. The number of aromatic nitrogens is 2. The minimum atomic E-state index is 0.0156. The molecule has 0 radical (unpaired) electrons. The van der Waals surface area contributed by atoms with Gasteiger partial charge >= 0.3 is 0 Å². The van der Waals surface area contributed by atoms with Crippen LogP contribution in [0.2, 0.25) is 0 Å². The first-order valence-electron chi connectivity index (χ1n) is 18.1. The van der Waals surface area contributed by atoms with E-state index in [9.17, 15) is 0 Å². The number of nitrogens with zero attached hydrogens (tertiary/aromatic N) is 2. The fourth-order valence-electron chi connectivity index (χ4n) is 8.02. The number of rotatable bonds is 0. The highest BCUT2D eigenvalue weighted by molar-refractivity contribution is 6.25. The molecule has 2 nitrogen and oxygen atoms in total. The van der Waals surface area contributed by atoms with Crippen molar-refractivity contribution in [3.05, 3.63) is 101 Å². The van der Waals surface area contributed by atoms with Crippen molar-refractivity contribution in [2.75, 3.05) is 0 Å². The Labute approximate surface area is 291 Å². The maximum atomic E-state index is 2.56. The Balaban J connectivity index is 1.62. The van der Waals surface area contributed by atoms with Gasteiger partial charge in [-0.2, -0.15) is 0 Å². The average molecular weight is 645 g/mol. The van der Waals surface area contributed by atoms with E-state index in [1.807, 2.05) is 0 Å². The monoisotopic (exact) mass is 644 g/mol. The van der Waals surface area contributed by atoms with Crippen LogP contribution < -0.4 is 0 Å². The number of hydrogen-bond acceptors (Lipinski definition) is 0.